The van der Waals surface area contributed by atoms with E-state index in [1.807, 2.05) is 0 Å². The van der Waals surface area contributed by atoms with Crippen LogP contribution in [0.1, 0.15) is 27.7 Å². The van der Waals surface area contributed by atoms with E-state index in [0.29, 0.717) is 24.0 Å². The number of hydrogen-bond acceptors (Lipinski definition) is 3. The number of hydrogen-bond donors (Lipinski definition) is 1. The van der Waals surface area contributed by atoms with Gasteiger partial charge in [0.25, 0.3) is 0 Å². The third-order valence-corrected chi connectivity index (χ3v) is 3.45. The monoisotopic (exact) mass is 214 g/mol. The fourth-order valence-electron chi connectivity index (χ4n) is 2.09. The molecule has 1 aliphatic heterocycles. The van der Waals surface area contributed by atoms with E-state index in [-0.39, 0.29) is 0 Å². The second-order valence-corrected chi connectivity index (χ2v) is 5.19. The van der Waals surface area contributed by atoms with Crippen LogP contribution < -0.4 is 5.73 Å². The number of nitrogens with two attached hydrogens (primary N) is 1. The molecule has 3 nitrogen and oxygen atoms in total. The van der Waals surface area contributed by atoms with Crippen LogP contribution in [0.25, 0.3) is 0 Å². The van der Waals surface area contributed by atoms with Crippen LogP contribution in [0.3, 0.4) is 0 Å². The third kappa shape index (κ3) is 3.74. The van der Waals surface area contributed by atoms with Crippen LogP contribution >= 0.6 is 0 Å². The Kier molecular flexibility index (Phi) is 5.03. The summed E-state index contributed by atoms with van der Waals surface area (Å²) >= 11 is 0. The maximum absolute atomic E-state index is 5.81. The number of morpholine rings is 1. The first-order chi connectivity index (χ1) is 7.04. The molecule has 1 rings (SSSR count). The SMILES string of the molecule is CC1CN(CC(CN)C(C)C)C(C)CO1. The van der Waals surface area contributed by atoms with Crippen LogP contribution in [0, 0.1) is 11.8 Å². The molecule has 2 N–H and O–H groups in total. The Bertz CT molecular complexity index is 184. The van der Waals surface area contributed by atoms with Crippen LogP contribution in [-0.2, 0) is 4.74 Å². The summed E-state index contributed by atoms with van der Waals surface area (Å²) in [6.45, 7) is 12.7. The Balaban J connectivity index is 2.47. The zero-order valence-electron chi connectivity index (χ0n) is 10.6. The Hall–Kier alpha value is -0.120. The summed E-state index contributed by atoms with van der Waals surface area (Å²) in [6, 6.07) is 0.536. The van der Waals surface area contributed by atoms with Crippen LogP contribution in [0.15, 0.2) is 0 Å². The van der Waals surface area contributed by atoms with Gasteiger partial charge in [0, 0.05) is 19.1 Å². The largest absolute Gasteiger partial charge is 0.376 e. The number of rotatable bonds is 4. The van der Waals surface area contributed by atoms with E-state index in [9.17, 15) is 0 Å². The van der Waals surface area contributed by atoms with Crippen molar-refractivity contribution in [2.75, 3.05) is 26.2 Å². The summed E-state index contributed by atoms with van der Waals surface area (Å²) in [7, 11) is 0. The summed E-state index contributed by atoms with van der Waals surface area (Å²) in [6.07, 6.45) is 0.367. The number of ether oxygens (including phenoxy) is 1. The average Bonchev–Trinajstić information content (AvgIpc) is 2.18. The van der Waals surface area contributed by atoms with Gasteiger partial charge in [-0.1, -0.05) is 13.8 Å². The molecule has 0 amide bonds. The molecule has 3 unspecified atom stereocenters. The standard InChI is InChI=1S/C12H26N2O/c1-9(2)12(5-13)7-14-6-11(4)15-8-10(14)3/h9-12H,5-8,13H2,1-4H3. The van der Waals surface area contributed by atoms with Crippen molar-refractivity contribution in [3.05, 3.63) is 0 Å². The predicted molar refractivity (Wildman–Crippen MR) is 63.8 cm³/mol. The first-order valence-electron chi connectivity index (χ1n) is 6.10. The fraction of sp³-hybridized carbons (Fsp3) is 1.00. The summed E-state index contributed by atoms with van der Waals surface area (Å²) in [5, 5.41) is 0. The van der Waals surface area contributed by atoms with E-state index in [1.165, 1.54) is 0 Å². The molecule has 90 valence electrons. The van der Waals surface area contributed by atoms with Gasteiger partial charge < -0.3 is 10.5 Å². The van der Waals surface area contributed by atoms with Gasteiger partial charge in [-0.3, -0.25) is 4.90 Å². The molecule has 0 aromatic carbocycles. The Morgan fingerprint density at radius 2 is 2.07 bits per heavy atom. The summed E-state index contributed by atoms with van der Waals surface area (Å²) < 4.78 is 5.62. The van der Waals surface area contributed by atoms with Crippen molar-refractivity contribution in [3.63, 3.8) is 0 Å². The maximum Gasteiger partial charge on any atom is 0.0674 e. The van der Waals surface area contributed by atoms with Gasteiger partial charge >= 0.3 is 0 Å². The smallest absolute Gasteiger partial charge is 0.0674 e. The average molecular weight is 214 g/mol. The molecule has 1 fully saturated rings. The van der Waals surface area contributed by atoms with Gasteiger partial charge in [-0.05, 0) is 32.2 Å². The summed E-state index contributed by atoms with van der Waals surface area (Å²) in [5.41, 5.74) is 5.81. The molecule has 0 bridgehead atoms. The van der Waals surface area contributed by atoms with E-state index < -0.39 is 0 Å². The third-order valence-electron chi connectivity index (χ3n) is 3.45. The topological polar surface area (TPSA) is 38.5 Å². The molecular formula is C12H26N2O. The van der Waals surface area contributed by atoms with Crippen LogP contribution in [0.2, 0.25) is 0 Å². The van der Waals surface area contributed by atoms with Crippen LogP contribution in [0.5, 0.6) is 0 Å². The minimum absolute atomic E-state index is 0.367. The molecule has 0 aromatic rings. The maximum atomic E-state index is 5.81. The van der Waals surface area contributed by atoms with Gasteiger partial charge in [0.2, 0.25) is 0 Å². The van der Waals surface area contributed by atoms with Crippen molar-refractivity contribution >= 4 is 0 Å². The summed E-state index contributed by atoms with van der Waals surface area (Å²) in [5.74, 6) is 1.28. The molecule has 1 saturated heterocycles. The minimum atomic E-state index is 0.367. The Morgan fingerprint density at radius 1 is 1.40 bits per heavy atom. The van der Waals surface area contributed by atoms with E-state index in [1.54, 1.807) is 0 Å². The lowest BCUT2D eigenvalue weighted by Gasteiger charge is -2.39. The van der Waals surface area contributed by atoms with E-state index in [0.717, 1.165) is 26.2 Å². The van der Waals surface area contributed by atoms with Crippen molar-refractivity contribution in [2.24, 2.45) is 17.6 Å². The second kappa shape index (κ2) is 5.83. The highest BCUT2D eigenvalue weighted by molar-refractivity contribution is 4.79. The van der Waals surface area contributed by atoms with Gasteiger partial charge in [0.05, 0.1) is 12.7 Å². The van der Waals surface area contributed by atoms with Gasteiger partial charge in [-0.15, -0.1) is 0 Å². The molecule has 0 radical (unpaired) electrons. The zero-order chi connectivity index (χ0) is 11.4. The van der Waals surface area contributed by atoms with E-state index >= 15 is 0 Å². The highest BCUT2D eigenvalue weighted by Gasteiger charge is 2.26. The summed E-state index contributed by atoms with van der Waals surface area (Å²) in [4.78, 5) is 2.52. The first-order valence-corrected chi connectivity index (χ1v) is 6.10. The van der Waals surface area contributed by atoms with E-state index in [2.05, 4.69) is 32.6 Å². The van der Waals surface area contributed by atoms with Crippen LogP contribution in [-0.4, -0.2) is 43.3 Å². The predicted octanol–water partition coefficient (Wildman–Crippen LogP) is 1.33. The van der Waals surface area contributed by atoms with Gasteiger partial charge in [-0.25, -0.2) is 0 Å². The van der Waals surface area contributed by atoms with Crippen LogP contribution in [0.4, 0.5) is 0 Å². The Morgan fingerprint density at radius 3 is 2.60 bits per heavy atom. The molecule has 15 heavy (non-hydrogen) atoms. The molecule has 0 spiro atoms. The van der Waals surface area contributed by atoms with Crippen molar-refractivity contribution in [1.29, 1.82) is 0 Å². The minimum Gasteiger partial charge on any atom is -0.376 e. The zero-order valence-corrected chi connectivity index (χ0v) is 10.6. The highest BCUT2D eigenvalue weighted by atomic mass is 16.5. The van der Waals surface area contributed by atoms with Gasteiger partial charge in [0.15, 0.2) is 0 Å². The molecule has 0 saturated carbocycles. The molecule has 3 heteroatoms. The lowest BCUT2D eigenvalue weighted by atomic mass is 9.94. The number of nitrogens with zero attached hydrogens (tertiary/aromatic N) is 1. The lowest BCUT2D eigenvalue weighted by Crippen LogP contribution is -2.50. The van der Waals surface area contributed by atoms with Gasteiger partial charge in [-0.2, -0.15) is 0 Å². The molecule has 1 aliphatic rings. The normalized spacial score (nSPS) is 30.8. The lowest BCUT2D eigenvalue weighted by molar-refractivity contribution is -0.0557. The molecule has 0 aliphatic carbocycles. The van der Waals surface area contributed by atoms with Crippen molar-refractivity contribution in [3.8, 4) is 0 Å². The van der Waals surface area contributed by atoms with Crippen molar-refractivity contribution in [2.45, 2.75) is 39.8 Å². The van der Waals surface area contributed by atoms with Crippen molar-refractivity contribution < 1.29 is 4.74 Å². The van der Waals surface area contributed by atoms with E-state index in [4.69, 9.17) is 10.5 Å². The highest BCUT2D eigenvalue weighted by Crippen LogP contribution is 2.17. The molecule has 1 heterocycles. The molecule has 0 aromatic heterocycles. The first kappa shape index (κ1) is 12.9. The van der Waals surface area contributed by atoms with Gasteiger partial charge in [0.1, 0.15) is 0 Å². The van der Waals surface area contributed by atoms with Crippen molar-refractivity contribution in [1.82, 2.24) is 4.90 Å². The molecule has 3 atom stereocenters. The Labute approximate surface area is 94.0 Å². The second-order valence-electron chi connectivity index (χ2n) is 5.19. The quantitative estimate of drug-likeness (QED) is 0.767. The molecular weight excluding hydrogens is 188 g/mol. The fourth-order valence-corrected chi connectivity index (χ4v) is 2.09.